The largest absolute Gasteiger partial charge is 0.377 e. The number of hydrogen-bond acceptors (Lipinski definition) is 4. The van der Waals surface area contributed by atoms with E-state index in [0.717, 1.165) is 36.5 Å². The zero-order chi connectivity index (χ0) is 12.5. The highest BCUT2D eigenvalue weighted by molar-refractivity contribution is 6.29. The van der Waals surface area contributed by atoms with Gasteiger partial charge in [-0.05, 0) is 25.1 Å². The molecule has 0 aromatic carbocycles. The zero-order valence-corrected chi connectivity index (χ0v) is 10.9. The molecule has 0 aliphatic carbocycles. The van der Waals surface area contributed by atoms with Crippen LogP contribution in [0.25, 0.3) is 11.0 Å². The Morgan fingerprint density at radius 1 is 1.39 bits per heavy atom. The minimum Gasteiger partial charge on any atom is -0.377 e. The van der Waals surface area contributed by atoms with E-state index in [1.807, 2.05) is 18.3 Å². The second kappa shape index (κ2) is 4.71. The highest BCUT2D eigenvalue weighted by Gasteiger charge is 2.19. The molecule has 2 aromatic heterocycles. The first-order valence-corrected chi connectivity index (χ1v) is 6.38. The van der Waals surface area contributed by atoms with Crippen molar-refractivity contribution in [2.45, 2.75) is 13.0 Å². The predicted octanol–water partition coefficient (Wildman–Crippen LogP) is 2.51. The number of rotatable bonds is 1. The Morgan fingerprint density at radius 3 is 3.11 bits per heavy atom. The molecule has 1 saturated heterocycles. The van der Waals surface area contributed by atoms with Gasteiger partial charge in [-0.15, -0.1) is 0 Å². The molecular formula is C13H14ClN3O. The van der Waals surface area contributed by atoms with E-state index < -0.39 is 0 Å². The molecule has 3 rings (SSSR count). The molecule has 1 aliphatic rings. The maximum atomic E-state index is 5.91. The summed E-state index contributed by atoms with van der Waals surface area (Å²) in [4.78, 5) is 11.0. The molecule has 5 heteroatoms. The van der Waals surface area contributed by atoms with Crippen molar-refractivity contribution in [3.05, 3.63) is 29.5 Å². The molecule has 4 nitrogen and oxygen atoms in total. The van der Waals surface area contributed by atoms with Gasteiger partial charge in [-0.25, -0.2) is 4.98 Å². The normalized spacial score (nSPS) is 20.3. The monoisotopic (exact) mass is 263 g/mol. The first kappa shape index (κ1) is 11.7. The van der Waals surface area contributed by atoms with E-state index in [0.29, 0.717) is 11.2 Å². The quantitative estimate of drug-likeness (QED) is 0.741. The van der Waals surface area contributed by atoms with Gasteiger partial charge < -0.3 is 9.64 Å². The molecule has 3 heterocycles. The molecule has 0 N–H and O–H groups in total. The van der Waals surface area contributed by atoms with Crippen LogP contribution in [0.3, 0.4) is 0 Å². The fraction of sp³-hybridized carbons (Fsp3) is 0.385. The number of ether oxygens (including phenoxy) is 1. The molecule has 0 saturated carbocycles. The van der Waals surface area contributed by atoms with E-state index in [-0.39, 0.29) is 0 Å². The molecule has 2 aromatic rings. The summed E-state index contributed by atoms with van der Waals surface area (Å²) < 4.78 is 5.44. The molecule has 0 spiro atoms. The van der Waals surface area contributed by atoms with Gasteiger partial charge in [0.1, 0.15) is 5.15 Å². The summed E-state index contributed by atoms with van der Waals surface area (Å²) in [5.41, 5.74) is 2.77. The summed E-state index contributed by atoms with van der Waals surface area (Å²) in [7, 11) is 0. The number of hydrogen-bond donors (Lipinski definition) is 0. The maximum Gasteiger partial charge on any atom is 0.129 e. The van der Waals surface area contributed by atoms with E-state index in [4.69, 9.17) is 16.3 Å². The lowest BCUT2D eigenvalue weighted by molar-refractivity contribution is 0.0989. The Labute approximate surface area is 111 Å². The van der Waals surface area contributed by atoms with Crippen molar-refractivity contribution in [3.8, 4) is 0 Å². The van der Waals surface area contributed by atoms with Crippen LogP contribution < -0.4 is 4.90 Å². The second-order valence-electron chi connectivity index (χ2n) is 4.48. The molecule has 0 bridgehead atoms. The van der Waals surface area contributed by atoms with Crippen LogP contribution in [0.2, 0.25) is 5.15 Å². The molecule has 0 radical (unpaired) electrons. The summed E-state index contributed by atoms with van der Waals surface area (Å²) in [6, 6.07) is 6.04. The van der Waals surface area contributed by atoms with E-state index in [1.54, 1.807) is 6.07 Å². The average Bonchev–Trinajstić information content (AvgIpc) is 2.38. The van der Waals surface area contributed by atoms with Gasteiger partial charge in [-0.3, -0.25) is 4.98 Å². The first-order chi connectivity index (χ1) is 8.74. The average molecular weight is 264 g/mol. The SMILES string of the molecule is C[C@H]1COCCN1c1cnc2ccc(Cl)nc2c1. The number of morpholine rings is 1. The summed E-state index contributed by atoms with van der Waals surface area (Å²) in [5, 5.41) is 0.497. The van der Waals surface area contributed by atoms with Crippen LogP contribution in [0.5, 0.6) is 0 Å². The fourth-order valence-corrected chi connectivity index (χ4v) is 2.39. The minimum absolute atomic E-state index is 0.359. The van der Waals surface area contributed by atoms with Crippen LogP contribution in [0.1, 0.15) is 6.92 Å². The Morgan fingerprint density at radius 2 is 2.28 bits per heavy atom. The highest BCUT2D eigenvalue weighted by atomic mass is 35.5. The van der Waals surface area contributed by atoms with Crippen LogP contribution in [-0.2, 0) is 4.74 Å². The van der Waals surface area contributed by atoms with E-state index in [9.17, 15) is 0 Å². The van der Waals surface area contributed by atoms with Gasteiger partial charge >= 0.3 is 0 Å². The van der Waals surface area contributed by atoms with Crippen molar-refractivity contribution < 1.29 is 4.74 Å². The molecule has 1 atom stereocenters. The lowest BCUT2D eigenvalue weighted by Gasteiger charge is -2.35. The van der Waals surface area contributed by atoms with Crippen molar-refractivity contribution in [2.75, 3.05) is 24.7 Å². The number of anilines is 1. The first-order valence-electron chi connectivity index (χ1n) is 6.01. The van der Waals surface area contributed by atoms with E-state index in [2.05, 4.69) is 21.8 Å². The van der Waals surface area contributed by atoms with Gasteiger partial charge in [-0.2, -0.15) is 0 Å². The van der Waals surface area contributed by atoms with Crippen molar-refractivity contribution >= 4 is 28.3 Å². The van der Waals surface area contributed by atoms with Crippen LogP contribution in [0.4, 0.5) is 5.69 Å². The third kappa shape index (κ3) is 2.13. The molecule has 0 amide bonds. The maximum absolute atomic E-state index is 5.91. The van der Waals surface area contributed by atoms with Gasteiger partial charge in [0.25, 0.3) is 0 Å². The molecule has 1 aliphatic heterocycles. The van der Waals surface area contributed by atoms with Crippen LogP contribution in [-0.4, -0.2) is 35.8 Å². The van der Waals surface area contributed by atoms with Crippen molar-refractivity contribution in [2.24, 2.45) is 0 Å². The summed E-state index contributed by atoms with van der Waals surface area (Å²) in [6.45, 7) is 4.54. The van der Waals surface area contributed by atoms with E-state index in [1.165, 1.54) is 0 Å². The third-order valence-corrected chi connectivity index (χ3v) is 3.40. The Kier molecular flexibility index (Phi) is 3.06. The van der Waals surface area contributed by atoms with Gasteiger partial charge in [0.05, 0.1) is 36.1 Å². The van der Waals surface area contributed by atoms with Crippen molar-refractivity contribution in [3.63, 3.8) is 0 Å². The molecule has 1 fully saturated rings. The summed E-state index contributed by atoms with van der Waals surface area (Å²) >= 11 is 5.91. The van der Waals surface area contributed by atoms with E-state index >= 15 is 0 Å². The molecular weight excluding hydrogens is 250 g/mol. The number of fused-ring (bicyclic) bond motifs is 1. The summed E-state index contributed by atoms with van der Waals surface area (Å²) in [6.07, 6.45) is 1.89. The zero-order valence-electron chi connectivity index (χ0n) is 10.1. The number of pyridine rings is 2. The summed E-state index contributed by atoms with van der Waals surface area (Å²) in [5.74, 6) is 0. The van der Waals surface area contributed by atoms with Crippen LogP contribution in [0, 0.1) is 0 Å². The Bertz CT molecular complexity index is 575. The predicted molar refractivity (Wildman–Crippen MR) is 72.2 cm³/mol. The van der Waals surface area contributed by atoms with Gasteiger partial charge in [0.2, 0.25) is 0 Å². The highest BCUT2D eigenvalue weighted by Crippen LogP contribution is 2.23. The second-order valence-corrected chi connectivity index (χ2v) is 4.87. The number of nitrogens with zero attached hydrogens (tertiary/aromatic N) is 3. The molecule has 94 valence electrons. The Balaban J connectivity index is 2.01. The molecule has 18 heavy (non-hydrogen) atoms. The van der Waals surface area contributed by atoms with Crippen molar-refractivity contribution in [1.29, 1.82) is 0 Å². The third-order valence-electron chi connectivity index (χ3n) is 3.19. The standard InChI is InChI=1S/C13H14ClN3O/c1-9-8-18-5-4-17(9)10-6-12-11(15-7-10)2-3-13(14)16-12/h2-3,6-7,9H,4-5,8H2,1H3/t9-/m0/s1. The van der Waals surface area contributed by atoms with Gasteiger partial charge in [-0.1, -0.05) is 11.6 Å². The van der Waals surface area contributed by atoms with Crippen molar-refractivity contribution in [1.82, 2.24) is 9.97 Å². The molecule has 0 unspecified atom stereocenters. The van der Waals surface area contributed by atoms with Gasteiger partial charge in [0.15, 0.2) is 0 Å². The fourth-order valence-electron chi connectivity index (χ4n) is 2.24. The number of aromatic nitrogens is 2. The smallest absolute Gasteiger partial charge is 0.129 e. The Hall–Kier alpha value is -1.39. The lowest BCUT2D eigenvalue weighted by Crippen LogP contribution is -2.43. The lowest BCUT2D eigenvalue weighted by atomic mass is 10.2. The van der Waals surface area contributed by atoms with Crippen LogP contribution >= 0.6 is 11.6 Å². The van der Waals surface area contributed by atoms with Gasteiger partial charge in [0, 0.05) is 12.6 Å². The topological polar surface area (TPSA) is 38.2 Å². The minimum atomic E-state index is 0.359. The van der Waals surface area contributed by atoms with Crippen LogP contribution in [0.15, 0.2) is 24.4 Å². The number of halogens is 1.